The number of halogens is 1. The van der Waals surface area contributed by atoms with Gasteiger partial charge in [-0.15, -0.1) is 0 Å². The standard InChI is InChI=1S/C11H14FO/c1-9(7-8-13-2)10-3-5-11(12)6-4-10/h3-6H,7-8H2,1-2H3. The number of rotatable bonds is 4. The summed E-state index contributed by atoms with van der Waals surface area (Å²) in [6.07, 6.45) is 0.891. The highest BCUT2D eigenvalue weighted by Crippen LogP contribution is 2.17. The van der Waals surface area contributed by atoms with Gasteiger partial charge >= 0.3 is 0 Å². The summed E-state index contributed by atoms with van der Waals surface area (Å²) in [6.45, 7) is 2.75. The fourth-order valence-corrected chi connectivity index (χ4v) is 1.13. The van der Waals surface area contributed by atoms with E-state index in [1.165, 1.54) is 18.1 Å². The average molecular weight is 181 g/mol. The van der Waals surface area contributed by atoms with E-state index in [1.54, 1.807) is 19.2 Å². The zero-order chi connectivity index (χ0) is 9.68. The fourth-order valence-electron chi connectivity index (χ4n) is 1.13. The third-order valence-electron chi connectivity index (χ3n) is 2.02. The van der Waals surface area contributed by atoms with Crippen molar-refractivity contribution in [3.05, 3.63) is 41.6 Å². The molecule has 1 aromatic rings. The Morgan fingerprint density at radius 3 is 2.46 bits per heavy atom. The molecule has 0 aliphatic heterocycles. The van der Waals surface area contributed by atoms with E-state index in [1.807, 2.05) is 6.92 Å². The molecule has 13 heavy (non-hydrogen) atoms. The minimum absolute atomic E-state index is 0.191. The zero-order valence-electron chi connectivity index (χ0n) is 8.01. The van der Waals surface area contributed by atoms with Gasteiger partial charge < -0.3 is 4.74 Å². The molecule has 1 rings (SSSR count). The number of hydrogen-bond acceptors (Lipinski definition) is 1. The van der Waals surface area contributed by atoms with Gasteiger partial charge in [-0.05, 0) is 24.1 Å². The first kappa shape index (κ1) is 10.2. The molecule has 0 aliphatic carbocycles. The van der Waals surface area contributed by atoms with Crippen LogP contribution in [-0.2, 0) is 4.74 Å². The van der Waals surface area contributed by atoms with Gasteiger partial charge in [-0.2, -0.15) is 0 Å². The molecule has 0 fully saturated rings. The van der Waals surface area contributed by atoms with E-state index in [-0.39, 0.29) is 5.82 Å². The fraction of sp³-hybridized carbons (Fsp3) is 0.364. The largest absolute Gasteiger partial charge is 0.385 e. The van der Waals surface area contributed by atoms with Gasteiger partial charge in [0.2, 0.25) is 0 Å². The molecular formula is C11H14FO. The van der Waals surface area contributed by atoms with E-state index < -0.39 is 0 Å². The van der Waals surface area contributed by atoms with Crippen LogP contribution in [0.2, 0.25) is 0 Å². The predicted octanol–water partition coefficient (Wildman–Crippen LogP) is 2.80. The van der Waals surface area contributed by atoms with Crippen LogP contribution in [0.15, 0.2) is 24.3 Å². The van der Waals surface area contributed by atoms with Crippen LogP contribution in [-0.4, -0.2) is 13.7 Å². The third kappa shape index (κ3) is 3.15. The second-order valence-electron chi connectivity index (χ2n) is 3.03. The normalized spacial score (nSPS) is 10.8. The van der Waals surface area contributed by atoms with Gasteiger partial charge in [0.05, 0.1) is 0 Å². The first-order valence-electron chi connectivity index (χ1n) is 4.31. The Bertz CT molecular complexity index is 243. The molecule has 0 saturated heterocycles. The van der Waals surface area contributed by atoms with Crippen LogP contribution in [0, 0.1) is 11.7 Å². The summed E-state index contributed by atoms with van der Waals surface area (Å²) in [5, 5.41) is 0. The highest BCUT2D eigenvalue weighted by molar-refractivity contribution is 5.29. The van der Waals surface area contributed by atoms with Gasteiger partial charge in [-0.1, -0.05) is 19.1 Å². The van der Waals surface area contributed by atoms with Gasteiger partial charge in [0.25, 0.3) is 0 Å². The summed E-state index contributed by atoms with van der Waals surface area (Å²) in [7, 11) is 1.68. The number of methoxy groups -OCH3 is 1. The first-order chi connectivity index (χ1) is 6.24. The molecule has 2 heteroatoms. The van der Waals surface area contributed by atoms with Gasteiger partial charge in [-0.25, -0.2) is 4.39 Å². The number of ether oxygens (including phenoxy) is 1. The molecule has 0 aromatic heterocycles. The molecule has 71 valence electrons. The molecule has 0 unspecified atom stereocenters. The average Bonchev–Trinajstić information content (AvgIpc) is 2.15. The van der Waals surface area contributed by atoms with E-state index >= 15 is 0 Å². The summed E-state index contributed by atoms with van der Waals surface area (Å²) in [5.41, 5.74) is 1.08. The van der Waals surface area contributed by atoms with Crippen LogP contribution in [0.25, 0.3) is 0 Å². The van der Waals surface area contributed by atoms with Crippen LogP contribution in [0.3, 0.4) is 0 Å². The Labute approximate surface area is 78.5 Å². The number of benzene rings is 1. The quantitative estimate of drug-likeness (QED) is 0.694. The van der Waals surface area contributed by atoms with E-state index in [9.17, 15) is 4.39 Å². The molecule has 0 aliphatic rings. The molecule has 0 spiro atoms. The first-order valence-corrected chi connectivity index (χ1v) is 4.31. The molecule has 0 N–H and O–H groups in total. The lowest BCUT2D eigenvalue weighted by Gasteiger charge is -2.09. The Morgan fingerprint density at radius 1 is 1.31 bits per heavy atom. The topological polar surface area (TPSA) is 9.23 Å². The smallest absolute Gasteiger partial charge is 0.123 e. The van der Waals surface area contributed by atoms with Crippen molar-refractivity contribution in [2.45, 2.75) is 13.3 Å². The summed E-state index contributed by atoms with van der Waals surface area (Å²) >= 11 is 0. The van der Waals surface area contributed by atoms with Crippen LogP contribution < -0.4 is 0 Å². The summed E-state index contributed by atoms with van der Waals surface area (Å²) < 4.78 is 17.5. The molecule has 0 saturated carbocycles. The SMILES string of the molecule is COCC[C](C)c1ccc(F)cc1. The van der Waals surface area contributed by atoms with Crippen molar-refractivity contribution >= 4 is 0 Å². The van der Waals surface area contributed by atoms with Crippen molar-refractivity contribution in [2.75, 3.05) is 13.7 Å². The van der Waals surface area contributed by atoms with Crippen molar-refractivity contribution in [1.29, 1.82) is 0 Å². The summed E-state index contributed by atoms with van der Waals surface area (Å²) in [4.78, 5) is 0. The Morgan fingerprint density at radius 2 is 1.92 bits per heavy atom. The predicted molar refractivity (Wildman–Crippen MR) is 50.9 cm³/mol. The van der Waals surface area contributed by atoms with Crippen molar-refractivity contribution in [1.82, 2.24) is 0 Å². The molecule has 1 aromatic carbocycles. The minimum Gasteiger partial charge on any atom is -0.385 e. The molecule has 1 nitrogen and oxygen atoms in total. The molecule has 1 radical (unpaired) electrons. The molecule has 0 heterocycles. The second-order valence-corrected chi connectivity index (χ2v) is 3.03. The van der Waals surface area contributed by atoms with Gasteiger partial charge in [0.15, 0.2) is 0 Å². The Balaban J connectivity index is 2.55. The monoisotopic (exact) mass is 181 g/mol. The Hall–Kier alpha value is -0.890. The van der Waals surface area contributed by atoms with Crippen LogP contribution in [0.4, 0.5) is 4.39 Å². The highest BCUT2D eigenvalue weighted by Gasteiger charge is 2.05. The maximum Gasteiger partial charge on any atom is 0.123 e. The van der Waals surface area contributed by atoms with Crippen LogP contribution in [0.1, 0.15) is 18.9 Å². The second kappa shape index (κ2) is 4.97. The van der Waals surface area contributed by atoms with Crippen molar-refractivity contribution in [3.63, 3.8) is 0 Å². The molecule has 0 amide bonds. The van der Waals surface area contributed by atoms with Crippen LogP contribution in [0.5, 0.6) is 0 Å². The van der Waals surface area contributed by atoms with Crippen LogP contribution >= 0.6 is 0 Å². The van der Waals surface area contributed by atoms with E-state index in [4.69, 9.17) is 4.74 Å². The maximum absolute atomic E-state index is 12.6. The van der Waals surface area contributed by atoms with Gasteiger partial charge in [0.1, 0.15) is 5.82 Å². The van der Waals surface area contributed by atoms with E-state index in [2.05, 4.69) is 0 Å². The van der Waals surface area contributed by atoms with Crippen molar-refractivity contribution in [3.8, 4) is 0 Å². The summed E-state index contributed by atoms with van der Waals surface area (Å²) in [6, 6.07) is 6.54. The lowest BCUT2D eigenvalue weighted by atomic mass is 9.98. The third-order valence-corrected chi connectivity index (χ3v) is 2.02. The van der Waals surface area contributed by atoms with E-state index in [0.717, 1.165) is 12.0 Å². The lowest BCUT2D eigenvalue weighted by Crippen LogP contribution is -1.99. The Kier molecular flexibility index (Phi) is 3.90. The maximum atomic E-state index is 12.6. The number of hydrogen-bond donors (Lipinski definition) is 0. The minimum atomic E-state index is -0.191. The summed E-state index contributed by atoms with van der Waals surface area (Å²) in [5.74, 6) is 1.03. The van der Waals surface area contributed by atoms with E-state index in [0.29, 0.717) is 6.61 Å². The highest BCUT2D eigenvalue weighted by atomic mass is 19.1. The zero-order valence-corrected chi connectivity index (χ0v) is 8.01. The molecule has 0 atom stereocenters. The molecular weight excluding hydrogens is 167 g/mol. The van der Waals surface area contributed by atoms with Crippen molar-refractivity contribution in [2.24, 2.45) is 0 Å². The van der Waals surface area contributed by atoms with Crippen molar-refractivity contribution < 1.29 is 9.13 Å². The van der Waals surface area contributed by atoms with Gasteiger partial charge in [-0.3, -0.25) is 0 Å². The molecule has 0 bridgehead atoms. The van der Waals surface area contributed by atoms with Gasteiger partial charge in [0, 0.05) is 19.6 Å². The lowest BCUT2D eigenvalue weighted by molar-refractivity contribution is 0.199.